The van der Waals surface area contributed by atoms with Crippen LogP contribution in [0.4, 0.5) is 0 Å². The molecule has 4 N–H and O–H groups in total. The summed E-state index contributed by atoms with van der Waals surface area (Å²) >= 11 is 0. The number of hydrazine groups is 1. The molecule has 2 heterocycles. The van der Waals surface area contributed by atoms with Crippen molar-refractivity contribution in [1.29, 1.82) is 0 Å². The number of fused-ring (bicyclic) bond motifs is 4. The largest absolute Gasteiger partial charge is 0.381 e. The van der Waals surface area contributed by atoms with Crippen LogP contribution in [-0.2, 0) is 36.8 Å². The molecule has 1 fully saturated rings. The molecule has 6 atom stereocenters. The van der Waals surface area contributed by atoms with Crippen LogP contribution in [0.2, 0.25) is 0 Å². The molecule has 2 aromatic rings. The van der Waals surface area contributed by atoms with Crippen LogP contribution in [0.3, 0.4) is 0 Å². The minimum Gasteiger partial charge on any atom is -0.381 e. The Kier molecular flexibility index (Phi) is 11.0. The van der Waals surface area contributed by atoms with Gasteiger partial charge in [-0.15, -0.1) is 0 Å². The van der Waals surface area contributed by atoms with Gasteiger partial charge in [0.15, 0.2) is 0 Å². The second kappa shape index (κ2) is 14.5. The summed E-state index contributed by atoms with van der Waals surface area (Å²) in [6.07, 6.45) is 3.11. The van der Waals surface area contributed by atoms with E-state index in [9.17, 15) is 19.2 Å². The Bertz CT molecular complexity index is 1380. The maximum absolute atomic E-state index is 13.4. The number of rotatable bonds is 3. The van der Waals surface area contributed by atoms with Crippen molar-refractivity contribution in [3.63, 3.8) is 0 Å². The molecule has 2 aliphatic rings. The van der Waals surface area contributed by atoms with Gasteiger partial charge in [0.2, 0.25) is 17.7 Å². The fourth-order valence-corrected chi connectivity index (χ4v) is 6.23. The molecule has 4 rings (SSSR count). The highest BCUT2D eigenvalue weighted by Crippen LogP contribution is 2.27. The average molecular weight is 608 g/mol. The van der Waals surface area contributed by atoms with Crippen LogP contribution in [0.5, 0.6) is 0 Å². The van der Waals surface area contributed by atoms with E-state index in [2.05, 4.69) is 52.6 Å². The molecule has 4 amide bonds. The summed E-state index contributed by atoms with van der Waals surface area (Å²) in [6.45, 7) is 11.7. The normalized spacial score (nSPS) is 28.0. The van der Waals surface area contributed by atoms with Gasteiger partial charge in [0.25, 0.3) is 5.91 Å². The summed E-state index contributed by atoms with van der Waals surface area (Å²) in [6, 6.07) is 8.20. The monoisotopic (exact) mass is 607 g/mol. The molecular weight excluding hydrogens is 558 g/mol. The van der Waals surface area contributed by atoms with E-state index in [4.69, 9.17) is 4.74 Å². The number of nitrogens with one attached hydrogen (secondary N) is 4. The molecule has 0 saturated carbocycles. The van der Waals surface area contributed by atoms with Crippen molar-refractivity contribution in [1.82, 2.24) is 26.4 Å². The third kappa shape index (κ3) is 7.58. The molecule has 0 spiro atoms. The molecule has 240 valence electrons. The fourth-order valence-electron chi connectivity index (χ4n) is 6.23. The summed E-state index contributed by atoms with van der Waals surface area (Å²) in [4.78, 5) is 53.4. The number of ether oxygens (including phenoxy) is 1. The summed E-state index contributed by atoms with van der Waals surface area (Å²) in [5.74, 6) is -1.94. The summed E-state index contributed by atoms with van der Waals surface area (Å²) in [7, 11) is 1.61. The van der Waals surface area contributed by atoms with E-state index < -0.39 is 30.0 Å². The summed E-state index contributed by atoms with van der Waals surface area (Å²) < 4.78 is 5.80. The highest BCUT2D eigenvalue weighted by atomic mass is 16.5. The number of hydrogen-bond donors (Lipinski definition) is 4. The van der Waals surface area contributed by atoms with Gasteiger partial charge in [-0.3, -0.25) is 24.2 Å². The van der Waals surface area contributed by atoms with Gasteiger partial charge in [0.1, 0.15) is 18.1 Å². The Morgan fingerprint density at radius 3 is 2.30 bits per heavy atom. The van der Waals surface area contributed by atoms with Crippen LogP contribution in [-0.4, -0.2) is 66.5 Å². The lowest BCUT2D eigenvalue weighted by atomic mass is 9.91. The minimum absolute atomic E-state index is 0.182. The van der Waals surface area contributed by atoms with Gasteiger partial charge in [0.05, 0.1) is 18.1 Å². The molecule has 0 radical (unpaired) electrons. The van der Waals surface area contributed by atoms with Crippen LogP contribution >= 0.6 is 0 Å². The molecule has 2 aliphatic heterocycles. The topological polar surface area (TPSA) is 129 Å². The SMILES string of the molecule is CCc1cc2ccc3cc2cc1CCC(OC)C(C)C(=O)NC(C(C)C)C(=O)NC(C)C(=O)N1CCCC(N1)C(=O)NC3C. The lowest BCUT2D eigenvalue weighted by Gasteiger charge is -2.35. The van der Waals surface area contributed by atoms with Gasteiger partial charge >= 0.3 is 0 Å². The number of methoxy groups -OCH3 is 1. The van der Waals surface area contributed by atoms with E-state index >= 15 is 0 Å². The molecule has 2 aromatic carbocycles. The van der Waals surface area contributed by atoms with E-state index in [1.54, 1.807) is 14.0 Å². The first-order chi connectivity index (χ1) is 20.9. The zero-order chi connectivity index (χ0) is 32.1. The molecule has 44 heavy (non-hydrogen) atoms. The first kappa shape index (κ1) is 33.4. The van der Waals surface area contributed by atoms with Crippen molar-refractivity contribution in [3.05, 3.63) is 47.0 Å². The van der Waals surface area contributed by atoms with E-state index in [1.807, 2.05) is 33.8 Å². The van der Waals surface area contributed by atoms with Gasteiger partial charge in [-0.05, 0) is 85.4 Å². The number of aryl methyl sites for hydroxylation is 2. The Morgan fingerprint density at radius 2 is 1.61 bits per heavy atom. The Hall–Kier alpha value is -3.50. The van der Waals surface area contributed by atoms with Crippen molar-refractivity contribution in [3.8, 4) is 0 Å². The average Bonchev–Trinajstić information content (AvgIpc) is 3.01. The van der Waals surface area contributed by atoms with Gasteiger partial charge in [-0.2, -0.15) is 0 Å². The fraction of sp³-hybridized carbons (Fsp3) is 0.588. The standard InChI is InChI=1S/C34H49N5O5/c1-8-23-16-26-12-11-24-17-27(26)18-25(23)13-14-29(44-7)20(4)31(40)37-30(19(2)3)33(42)36-22(6)34(43)39-15-9-10-28(38-39)32(41)35-21(24)5/h11-12,16-22,28-30,38H,8-10,13-15H2,1-7H3,(H,35,41)(H,36,42)(H,37,40). The number of benzene rings is 2. The van der Waals surface area contributed by atoms with Crippen molar-refractivity contribution < 1.29 is 23.9 Å². The zero-order valence-corrected chi connectivity index (χ0v) is 27.2. The molecule has 0 aliphatic carbocycles. The van der Waals surface area contributed by atoms with E-state index in [0.717, 1.165) is 29.2 Å². The van der Waals surface area contributed by atoms with Crippen molar-refractivity contribution in [2.24, 2.45) is 11.8 Å². The number of amides is 4. The van der Waals surface area contributed by atoms with Crippen LogP contribution < -0.4 is 21.4 Å². The second-order valence-corrected chi connectivity index (χ2v) is 12.7. The van der Waals surface area contributed by atoms with E-state index in [1.165, 1.54) is 16.1 Å². The molecule has 6 unspecified atom stereocenters. The molecule has 10 heteroatoms. The Labute approximate surface area is 261 Å². The highest BCUT2D eigenvalue weighted by molar-refractivity contribution is 5.93. The molecule has 0 aromatic heterocycles. The highest BCUT2D eigenvalue weighted by Gasteiger charge is 2.34. The van der Waals surface area contributed by atoms with E-state index in [0.29, 0.717) is 25.8 Å². The molecular formula is C34H49N5O5. The number of carbonyl (C=O) groups is 4. The predicted octanol–water partition coefficient (Wildman–Crippen LogP) is 3.32. The van der Waals surface area contributed by atoms with Gasteiger partial charge in [-0.1, -0.05) is 52.0 Å². The van der Waals surface area contributed by atoms with Crippen LogP contribution in [0.25, 0.3) is 10.8 Å². The number of carbonyl (C=O) groups excluding carboxylic acids is 4. The van der Waals surface area contributed by atoms with Gasteiger partial charge < -0.3 is 20.7 Å². The maximum atomic E-state index is 13.4. The Morgan fingerprint density at radius 1 is 0.886 bits per heavy atom. The maximum Gasteiger partial charge on any atom is 0.258 e. The first-order valence-electron chi connectivity index (χ1n) is 16.0. The van der Waals surface area contributed by atoms with E-state index in [-0.39, 0.29) is 35.8 Å². The van der Waals surface area contributed by atoms with Crippen LogP contribution in [0, 0.1) is 11.8 Å². The molecule has 10 nitrogen and oxygen atoms in total. The minimum atomic E-state index is -0.857. The van der Waals surface area contributed by atoms with Gasteiger partial charge in [0, 0.05) is 13.7 Å². The van der Waals surface area contributed by atoms with Crippen molar-refractivity contribution in [2.45, 2.75) is 104 Å². The third-order valence-electron chi connectivity index (χ3n) is 9.14. The zero-order valence-electron chi connectivity index (χ0n) is 27.2. The quantitative estimate of drug-likeness (QED) is 0.424. The van der Waals surface area contributed by atoms with Crippen molar-refractivity contribution >= 4 is 34.4 Å². The second-order valence-electron chi connectivity index (χ2n) is 12.7. The predicted molar refractivity (Wildman–Crippen MR) is 170 cm³/mol. The molecule has 1 saturated heterocycles. The smallest absolute Gasteiger partial charge is 0.258 e. The number of hydrogen-bond acceptors (Lipinski definition) is 6. The van der Waals surface area contributed by atoms with Crippen LogP contribution in [0.1, 0.15) is 83.5 Å². The lowest BCUT2D eigenvalue weighted by Crippen LogP contribution is -2.62. The lowest BCUT2D eigenvalue weighted by molar-refractivity contribution is -0.143. The number of nitrogens with zero attached hydrogens (tertiary/aromatic N) is 1. The molecule has 5 bridgehead atoms. The van der Waals surface area contributed by atoms with Gasteiger partial charge in [-0.25, -0.2) is 5.43 Å². The Balaban J connectivity index is 1.69. The van der Waals surface area contributed by atoms with Crippen LogP contribution in [0.15, 0.2) is 30.3 Å². The van der Waals surface area contributed by atoms with Crippen molar-refractivity contribution in [2.75, 3.05) is 13.7 Å². The summed E-state index contributed by atoms with van der Waals surface area (Å²) in [5, 5.41) is 12.5. The summed E-state index contributed by atoms with van der Waals surface area (Å²) in [5.41, 5.74) is 6.52. The third-order valence-corrected chi connectivity index (χ3v) is 9.14. The first-order valence-corrected chi connectivity index (χ1v) is 16.0.